The van der Waals surface area contributed by atoms with Gasteiger partial charge in [-0.2, -0.15) is 16.4 Å². The number of carbonyl (C=O) groups is 1. The summed E-state index contributed by atoms with van der Waals surface area (Å²) in [5.41, 5.74) is 5.50. The summed E-state index contributed by atoms with van der Waals surface area (Å²) in [4.78, 5) is 15.1. The standard InChI is InChI=1S/C22H18N6OS/c29-22(14-28-21-4-2-1-3-20(21)25-26-28)27(13-16-10-12-30-15-16)18-7-5-17(6-8-18)19-9-11-23-24-19/h1-12,15H,13-14H2,(H,23,24). The third-order valence-electron chi connectivity index (χ3n) is 4.92. The van der Waals surface area contributed by atoms with E-state index in [2.05, 4.69) is 25.9 Å². The minimum atomic E-state index is -0.0499. The van der Waals surface area contributed by atoms with E-state index in [-0.39, 0.29) is 12.5 Å². The van der Waals surface area contributed by atoms with Crippen LogP contribution in [0.4, 0.5) is 5.69 Å². The number of nitrogens with zero attached hydrogens (tertiary/aromatic N) is 5. The fraction of sp³-hybridized carbons (Fsp3) is 0.0909. The number of nitrogens with one attached hydrogen (secondary N) is 1. The fourth-order valence-electron chi connectivity index (χ4n) is 3.37. The summed E-state index contributed by atoms with van der Waals surface area (Å²) in [7, 11) is 0. The number of anilines is 1. The summed E-state index contributed by atoms with van der Waals surface area (Å²) in [5, 5.41) is 19.4. The van der Waals surface area contributed by atoms with Crippen LogP contribution in [0.1, 0.15) is 5.56 Å². The van der Waals surface area contributed by atoms with Gasteiger partial charge in [-0.05, 0) is 58.3 Å². The number of carbonyl (C=O) groups excluding carboxylic acids is 1. The smallest absolute Gasteiger partial charge is 0.249 e. The maximum absolute atomic E-state index is 13.3. The highest BCUT2D eigenvalue weighted by Crippen LogP contribution is 2.24. The molecule has 2 aromatic carbocycles. The van der Waals surface area contributed by atoms with Crippen LogP contribution in [0.25, 0.3) is 22.3 Å². The van der Waals surface area contributed by atoms with E-state index in [9.17, 15) is 4.79 Å². The van der Waals surface area contributed by atoms with Gasteiger partial charge in [-0.3, -0.25) is 9.89 Å². The molecule has 0 aliphatic heterocycles. The molecular formula is C22H18N6OS. The van der Waals surface area contributed by atoms with E-state index in [1.165, 1.54) is 0 Å². The van der Waals surface area contributed by atoms with Gasteiger partial charge in [0.25, 0.3) is 0 Å². The van der Waals surface area contributed by atoms with Crippen molar-refractivity contribution in [2.45, 2.75) is 13.1 Å². The number of rotatable bonds is 6. The molecule has 8 heteroatoms. The highest BCUT2D eigenvalue weighted by Gasteiger charge is 2.19. The van der Waals surface area contributed by atoms with Crippen LogP contribution in [0, 0.1) is 0 Å². The third kappa shape index (κ3) is 3.60. The average molecular weight is 414 g/mol. The molecule has 0 saturated heterocycles. The molecule has 3 heterocycles. The van der Waals surface area contributed by atoms with Gasteiger partial charge in [0.05, 0.1) is 17.8 Å². The van der Waals surface area contributed by atoms with Crippen LogP contribution in [0.5, 0.6) is 0 Å². The summed E-state index contributed by atoms with van der Waals surface area (Å²) < 4.78 is 1.65. The van der Waals surface area contributed by atoms with Crippen molar-refractivity contribution >= 4 is 34.0 Å². The normalized spacial score (nSPS) is 11.1. The zero-order valence-corrected chi connectivity index (χ0v) is 16.8. The first-order valence-electron chi connectivity index (χ1n) is 9.47. The molecule has 0 unspecified atom stereocenters. The van der Waals surface area contributed by atoms with Crippen molar-refractivity contribution in [2.75, 3.05) is 4.90 Å². The minimum Gasteiger partial charge on any atom is -0.306 e. The first-order valence-corrected chi connectivity index (χ1v) is 10.4. The Morgan fingerprint density at radius 1 is 1.07 bits per heavy atom. The van der Waals surface area contributed by atoms with Crippen molar-refractivity contribution in [3.63, 3.8) is 0 Å². The van der Waals surface area contributed by atoms with Gasteiger partial charge < -0.3 is 4.90 Å². The number of aromatic nitrogens is 5. The number of hydrogen-bond acceptors (Lipinski definition) is 5. The molecule has 5 rings (SSSR count). The monoisotopic (exact) mass is 414 g/mol. The van der Waals surface area contributed by atoms with Gasteiger partial charge >= 0.3 is 0 Å². The lowest BCUT2D eigenvalue weighted by atomic mass is 10.1. The molecule has 1 N–H and O–H groups in total. The van der Waals surface area contributed by atoms with Gasteiger partial charge in [-0.15, -0.1) is 5.10 Å². The summed E-state index contributed by atoms with van der Waals surface area (Å²) in [6.07, 6.45) is 1.72. The zero-order chi connectivity index (χ0) is 20.3. The lowest BCUT2D eigenvalue weighted by molar-refractivity contribution is -0.119. The maximum atomic E-state index is 13.3. The van der Waals surface area contributed by atoms with Crippen molar-refractivity contribution in [3.8, 4) is 11.3 Å². The Labute approximate surface area is 176 Å². The van der Waals surface area contributed by atoms with E-state index in [4.69, 9.17) is 0 Å². The quantitative estimate of drug-likeness (QED) is 0.453. The molecule has 5 aromatic rings. The molecule has 0 saturated carbocycles. The minimum absolute atomic E-state index is 0.0499. The second kappa shape index (κ2) is 7.92. The Morgan fingerprint density at radius 3 is 2.70 bits per heavy atom. The summed E-state index contributed by atoms with van der Waals surface area (Å²) in [6, 6.07) is 19.5. The SMILES string of the molecule is O=C(Cn1nnc2ccccc21)N(Cc1ccsc1)c1ccc(-c2ccn[nH]2)cc1. The van der Waals surface area contributed by atoms with Crippen molar-refractivity contribution in [2.24, 2.45) is 0 Å². The van der Waals surface area contributed by atoms with Gasteiger partial charge in [-0.1, -0.05) is 29.5 Å². The molecule has 0 aliphatic carbocycles. The first-order chi connectivity index (χ1) is 14.8. The Balaban J connectivity index is 1.44. The molecule has 7 nitrogen and oxygen atoms in total. The van der Waals surface area contributed by atoms with Crippen molar-refractivity contribution < 1.29 is 4.79 Å². The van der Waals surface area contributed by atoms with Gasteiger partial charge in [0.1, 0.15) is 12.1 Å². The van der Waals surface area contributed by atoms with E-state index in [0.29, 0.717) is 6.54 Å². The Kier molecular flexibility index (Phi) is 4.82. The number of fused-ring (bicyclic) bond motifs is 1. The zero-order valence-electron chi connectivity index (χ0n) is 16.0. The molecule has 1 amide bonds. The molecular weight excluding hydrogens is 396 g/mol. The predicted molar refractivity (Wildman–Crippen MR) is 117 cm³/mol. The number of H-pyrrole nitrogens is 1. The number of thiophene rings is 1. The number of para-hydroxylation sites is 1. The summed E-state index contributed by atoms with van der Waals surface area (Å²) in [5.74, 6) is -0.0499. The van der Waals surface area contributed by atoms with Crippen molar-refractivity contribution in [1.29, 1.82) is 0 Å². The Bertz CT molecular complexity index is 1260. The predicted octanol–water partition coefficient (Wildman–Crippen LogP) is 4.12. The second-order valence-electron chi connectivity index (χ2n) is 6.86. The number of hydrogen-bond donors (Lipinski definition) is 1. The number of aromatic amines is 1. The lowest BCUT2D eigenvalue weighted by Crippen LogP contribution is -2.33. The maximum Gasteiger partial charge on any atom is 0.249 e. The van der Waals surface area contributed by atoms with Crippen LogP contribution in [-0.4, -0.2) is 31.1 Å². The fourth-order valence-corrected chi connectivity index (χ4v) is 4.03. The van der Waals surface area contributed by atoms with E-state index < -0.39 is 0 Å². The van der Waals surface area contributed by atoms with Crippen molar-refractivity contribution in [1.82, 2.24) is 25.2 Å². The van der Waals surface area contributed by atoms with Crippen LogP contribution >= 0.6 is 11.3 Å². The average Bonchev–Trinajstić information content (AvgIpc) is 3.55. The van der Waals surface area contributed by atoms with Gasteiger partial charge in [-0.25, -0.2) is 4.68 Å². The Morgan fingerprint density at radius 2 is 1.93 bits per heavy atom. The van der Waals surface area contributed by atoms with Crippen LogP contribution in [0.15, 0.2) is 77.6 Å². The van der Waals surface area contributed by atoms with Crippen LogP contribution in [0.3, 0.4) is 0 Å². The molecule has 0 bridgehead atoms. The third-order valence-corrected chi connectivity index (χ3v) is 5.65. The highest BCUT2D eigenvalue weighted by molar-refractivity contribution is 7.07. The lowest BCUT2D eigenvalue weighted by Gasteiger charge is -2.23. The molecule has 0 fully saturated rings. The first kappa shape index (κ1) is 18.3. The molecule has 0 radical (unpaired) electrons. The molecule has 0 atom stereocenters. The second-order valence-corrected chi connectivity index (χ2v) is 7.64. The number of amides is 1. The summed E-state index contributed by atoms with van der Waals surface area (Å²) >= 11 is 1.62. The molecule has 0 aliphatic rings. The largest absolute Gasteiger partial charge is 0.306 e. The van der Waals surface area contributed by atoms with Crippen LogP contribution < -0.4 is 4.90 Å². The van der Waals surface area contributed by atoms with Crippen LogP contribution in [-0.2, 0) is 17.9 Å². The topological polar surface area (TPSA) is 79.7 Å². The highest BCUT2D eigenvalue weighted by atomic mass is 32.1. The van der Waals surface area contributed by atoms with E-state index in [1.54, 1.807) is 27.1 Å². The van der Waals surface area contributed by atoms with Gasteiger partial charge in [0, 0.05) is 11.9 Å². The molecule has 3 aromatic heterocycles. The van der Waals surface area contributed by atoms with E-state index in [0.717, 1.165) is 33.5 Å². The van der Waals surface area contributed by atoms with Crippen molar-refractivity contribution in [3.05, 3.63) is 83.2 Å². The number of benzene rings is 2. The van der Waals surface area contributed by atoms with Gasteiger partial charge in [0.2, 0.25) is 5.91 Å². The molecule has 0 spiro atoms. The van der Waals surface area contributed by atoms with E-state index >= 15 is 0 Å². The molecule has 148 valence electrons. The van der Waals surface area contributed by atoms with Crippen LogP contribution in [0.2, 0.25) is 0 Å². The molecule has 30 heavy (non-hydrogen) atoms. The van der Waals surface area contributed by atoms with Gasteiger partial charge in [0.15, 0.2) is 0 Å². The summed E-state index contributed by atoms with van der Waals surface area (Å²) in [6.45, 7) is 0.616. The Hall–Kier alpha value is -3.78. The van der Waals surface area contributed by atoms with E-state index in [1.807, 2.05) is 66.0 Å².